The van der Waals surface area contributed by atoms with Crippen LogP contribution in [0.15, 0.2) is 53.3 Å². The minimum absolute atomic E-state index is 0.150. The van der Waals surface area contributed by atoms with Crippen molar-refractivity contribution in [3.8, 4) is 11.4 Å². The first kappa shape index (κ1) is 15.1. The molecule has 0 atom stereocenters. The van der Waals surface area contributed by atoms with Crippen molar-refractivity contribution in [2.24, 2.45) is 0 Å². The minimum Gasteiger partial charge on any atom is -0.266 e. The van der Waals surface area contributed by atoms with Crippen LogP contribution in [0.5, 0.6) is 0 Å². The average molecular weight is 354 g/mol. The molecule has 6 heteroatoms. The van der Waals surface area contributed by atoms with Gasteiger partial charge in [0.05, 0.1) is 4.53 Å². The molecule has 4 aromatic rings. The van der Waals surface area contributed by atoms with Crippen molar-refractivity contribution >= 4 is 34.0 Å². The van der Waals surface area contributed by atoms with E-state index in [1.807, 2.05) is 49.4 Å². The Hall–Kier alpha value is -2.50. The Morgan fingerprint density at radius 1 is 1.08 bits per heavy atom. The highest BCUT2D eigenvalue weighted by Crippen LogP contribution is 2.19. The third-order valence-corrected chi connectivity index (χ3v) is 4.87. The maximum Gasteiger partial charge on any atom is 0.291 e. The van der Waals surface area contributed by atoms with Crippen LogP contribution in [-0.2, 0) is 0 Å². The van der Waals surface area contributed by atoms with E-state index >= 15 is 0 Å². The summed E-state index contributed by atoms with van der Waals surface area (Å²) in [6, 6.07) is 15.3. The molecule has 118 valence electrons. The van der Waals surface area contributed by atoms with Crippen molar-refractivity contribution in [3.63, 3.8) is 0 Å². The van der Waals surface area contributed by atoms with Gasteiger partial charge < -0.3 is 0 Å². The lowest BCUT2D eigenvalue weighted by molar-refractivity contribution is 0.937. The normalized spacial score (nSPS) is 12.2. The minimum atomic E-state index is -0.150. The number of nitrogens with zero attached hydrogens (tertiary/aromatic N) is 3. The van der Waals surface area contributed by atoms with Gasteiger partial charge in [0.15, 0.2) is 5.82 Å². The number of halogens is 1. The van der Waals surface area contributed by atoms with Crippen molar-refractivity contribution in [2.45, 2.75) is 6.92 Å². The summed E-state index contributed by atoms with van der Waals surface area (Å²) in [6.07, 6.45) is 1.87. The van der Waals surface area contributed by atoms with Gasteiger partial charge in [0.1, 0.15) is 0 Å². The van der Waals surface area contributed by atoms with Gasteiger partial charge in [-0.05, 0) is 42.8 Å². The number of rotatable bonds is 2. The Bertz CT molecular complexity index is 1130. The number of benzene rings is 2. The van der Waals surface area contributed by atoms with E-state index in [9.17, 15) is 4.79 Å². The lowest BCUT2D eigenvalue weighted by Gasteiger charge is -1.94. The summed E-state index contributed by atoms with van der Waals surface area (Å²) >= 11 is 7.23. The molecule has 0 bridgehead atoms. The molecule has 0 spiro atoms. The zero-order valence-electron chi connectivity index (χ0n) is 12.7. The standard InChI is InChI=1S/C18H12ClN3OS/c1-11-2-4-12(5-3-11)10-15-17(23)22-18(24-15)20-16(21-22)13-6-8-14(19)9-7-13/h2-10H,1H3/b15-10-. The fraction of sp³-hybridized carbons (Fsp3) is 0.0556. The number of fused-ring (bicyclic) bond motifs is 1. The Kier molecular flexibility index (Phi) is 3.67. The van der Waals surface area contributed by atoms with E-state index in [1.54, 1.807) is 12.1 Å². The van der Waals surface area contributed by atoms with E-state index in [-0.39, 0.29) is 5.56 Å². The Labute approximate surface area is 146 Å². The second kappa shape index (κ2) is 5.85. The third-order valence-electron chi connectivity index (χ3n) is 3.66. The molecule has 0 radical (unpaired) electrons. The Morgan fingerprint density at radius 2 is 1.79 bits per heavy atom. The molecule has 0 saturated heterocycles. The second-order valence-electron chi connectivity index (χ2n) is 5.46. The van der Waals surface area contributed by atoms with Crippen LogP contribution in [0.2, 0.25) is 5.02 Å². The van der Waals surface area contributed by atoms with E-state index in [4.69, 9.17) is 11.6 Å². The number of hydrogen-bond acceptors (Lipinski definition) is 4. The molecule has 0 aliphatic carbocycles. The smallest absolute Gasteiger partial charge is 0.266 e. The molecule has 2 aromatic heterocycles. The van der Waals surface area contributed by atoms with Crippen molar-refractivity contribution in [1.82, 2.24) is 14.6 Å². The molecule has 4 nitrogen and oxygen atoms in total. The highest BCUT2D eigenvalue weighted by Gasteiger charge is 2.11. The number of hydrogen-bond donors (Lipinski definition) is 0. The predicted molar refractivity (Wildman–Crippen MR) is 97.5 cm³/mol. The monoisotopic (exact) mass is 353 g/mol. The first-order valence-electron chi connectivity index (χ1n) is 7.34. The molecule has 0 fully saturated rings. The van der Waals surface area contributed by atoms with Crippen LogP contribution < -0.4 is 10.1 Å². The van der Waals surface area contributed by atoms with Crippen LogP contribution in [0.3, 0.4) is 0 Å². The highest BCUT2D eigenvalue weighted by molar-refractivity contribution is 7.15. The number of thiazole rings is 1. The zero-order chi connectivity index (χ0) is 16.7. The van der Waals surface area contributed by atoms with Gasteiger partial charge in [-0.15, -0.1) is 5.10 Å². The van der Waals surface area contributed by atoms with Gasteiger partial charge in [-0.25, -0.2) is 0 Å². The SMILES string of the molecule is Cc1ccc(/C=c2\sc3nc(-c4ccc(Cl)cc4)nn3c2=O)cc1. The summed E-state index contributed by atoms with van der Waals surface area (Å²) in [6.45, 7) is 2.03. The van der Waals surface area contributed by atoms with Gasteiger partial charge in [0.25, 0.3) is 5.56 Å². The second-order valence-corrected chi connectivity index (χ2v) is 6.91. The van der Waals surface area contributed by atoms with Crippen LogP contribution in [0, 0.1) is 6.92 Å². The molecular formula is C18H12ClN3OS. The third kappa shape index (κ3) is 2.72. The zero-order valence-corrected chi connectivity index (χ0v) is 14.3. The van der Waals surface area contributed by atoms with Gasteiger partial charge >= 0.3 is 0 Å². The molecule has 0 aliphatic heterocycles. The van der Waals surface area contributed by atoms with Crippen molar-refractivity contribution in [1.29, 1.82) is 0 Å². The molecular weight excluding hydrogens is 342 g/mol. The van der Waals surface area contributed by atoms with Crippen molar-refractivity contribution in [3.05, 3.63) is 79.6 Å². The average Bonchev–Trinajstić information content (AvgIpc) is 3.11. The van der Waals surface area contributed by atoms with Crippen LogP contribution in [-0.4, -0.2) is 14.6 Å². The van der Waals surface area contributed by atoms with Crippen LogP contribution in [0.1, 0.15) is 11.1 Å². The van der Waals surface area contributed by atoms with E-state index in [2.05, 4.69) is 10.1 Å². The van der Waals surface area contributed by atoms with Crippen molar-refractivity contribution in [2.75, 3.05) is 0 Å². The van der Waals surface area contributed by atoms with Crippen LogP contribution in [0.4, 0.5) is 0 Å². The first-order valence-corrected chi connectivity index (χ1v) is 8.53. The van der Waals surface area contributed by atoms with Gasteiger partial charge in [-0.3, -0.25) is 4.79 Å². The van der Waals surface area contributed by atoms with E-state index in [0.717, 1.165) is 11.1 Å². The molecule has 0 unspecified atom stereocenters. The Morgan fingerprint density at radius 3 is 2.46 bits per heavy atom. The molecule has 0 saturated carbocycles. The van der Waals surface area contributed by atoms with Gasteiger partial charge in [0.2, 0.25) is 4.96 Å². The maximum absolute atomic E-state index is 12.5. The lowest BCUT2D eigenvalue weighted by atomic mass is 10.1. The molecule has 0 N–H and O–H groups in total. The topological polar surface area (TPSA) is 47.3 Å². The van der Waals surface area contributed by atoms with Crippen LogP contribution >= 0.6 is 22.9 Å². The number of aryl methyl sites for hydroxylation is 1. The predicted octanol–water partition coefficient (Wildman–Crippen LogP) is 3.33. The summed E-state index contributed by atoms with van der Waals surface area (Å²) in [5, 5.41) is 4.98. The van der Waals surface area contributed by atoms with Gasteiger partial charge in [-0.1, -0.05) is 52.8 Å². The number of aromatic nitrogens is 3. The molecule has 0 aliphatic rings. The summed E-state index contributed by atoms with van der Waals surface area (Å²) < 4.78 is 1.98. The molecule has 2 heterocycles. The molecule has 24 heavy (non-hydrogen) atoms. The van der Waals surface area contributed by atoms with Gasteiger partial charge in [0, 0.05) is 10.6 Å². The quantitative estimate of drug-likeness (QED) is 0.555. The first-order chi connectivity index (χ1) is 11.6. The fourth-order valence-electron chi connectivity index (χ4n) is 2.37. The maximum atomic E-state index is 12.5. The summed E-state index contributed by atoms with van der Waals surface area (Å²) in [4.78, 5) is 17.6. The largest absolute Gasteiger partial charge is 0.291 e. The van der Waals surface area contributed by atoms with Gasteiger partial charge in [-0.2, -0.15) is 9.50 Å². The van der Waals surface area contributed by atoms with Crippen LogP contribution in [0.25, 0.3) is 22.4 Å². The Balaban J connectivity index is 1.79. The lowest BCUT2D eigenvalue weighted by Crippen LogP contribution is -2.23. The van der Waals surface area contributed by atoms with E-state index in [1.165, 1.54) is 21.4 Å². The molecule has 2 aromatic carbocycles. The summed E-state index contributed by atoms with van der Waals surface area (Å²) in [5.41, 5.74) is 2.85. The summed E-state index contributed by atoms with van der Waals surface area (Å²) in [7, 11) is 0. The van der Waals surface area contributed by atoms with E-state index < -0.39 is 0 Å². The molecule has 4 rings (SSSR count). The molecule has 0 amide bonds. The highest BCUT2D eigenvalue weighted by atomic mass is 35.5. The fourth-order valence-corrected chi connectivity index (χ4v) is 3.40. The van der Waals surface area contributed by atoms with Crippen molar-refractivity contribution < 1.29 is 0 Å². The van der Waals surface area contributed by atoms with E-state index in [0.29, 0.717) is 20.3 Å². The summed E-state index contributed by atoms with van der Waals surface area (Å²) in [5.74, 6) is 0.525.